The molecular weight excluding hydrogens is 428 g/mol. The Balaban J connectivity index is 1.26. The number of aromatic nitrogens is 3. The van der Waals surface area contributed by atoms with Crippen LogP contribution < -0.4 is 5.32 Å². The zero-order valence-corrected chi connectivity index (χ0v) is 19.1. The molecule has 33 heavy (non-hydrogen) atoms. The predicted molar refractivity (Wildman–Crippen MR) is 135 cm³/mol. The summed E-state index contributed by atoms with van der Waals surface area (Å²) in [5.41, 5.74) is 3.63. The molecule has 6 heteroatoms. The summed E-state index contributed by atoms with van der Waals surface area (Å²) in [6.07, 6.45) is 11.2. The van der Waals surface area contributed by atoms with E-state index in [-0.39, 0.29) is 5.91 Å². The first-order valence-electron chi connectivity index (χ1n) is 11.4. The molecule has 5 rings (SSSR count). The van der Waals surface area contributed by atoms with Crippen molar-refractivity contribution in [2.24, 2.45) is 5.92 Å². The number of aromatic amines is 1. The van der Waals surface area contributed by atoms with Crippen LogP contribution in [0.5, 0.6) is 0 Å². The van der Waals surface area contributed by atoms with Crippen molar-refractivity contribution < 1.29 is 4.79 Å². The quantitative estimate of drug-likeness (QED) is 0.322. The molecule has 1 amide bonds. The Labute approximate surface area is 197 Å². The number of hydrogen-bond acceptors (Lipinski definition) is 4. The van der Waals surface area contributed by atoms with Gasteiger partial charge in [0, 0.05) is 33.5 Å². The lowest BCUT2D eigenvalue weighted by molar-refractivity contribution is -0.117. The van der Waals surface area contributed by atoms with Gasteiger partial charge in [0.1, 0.15) is 0 Å². The van der Waals surface area contributed by atoms with Crippen molar-refractivity contribution in [3.63, 3.8) is 0 Å². The van der Waals surface area contributed by atoms with Crippen LogP contribution in [0, 0.1) is 5.92 Å². The number of fused-ring (bicyclic) bond motifs is 1. The lowest BCUT2D eigenvalue weighted by Gasteiger charge is -2.10. The van der Waals surface area contributed by atoms with Crippen molar-refractivity contribution in [3.8, 4) is 0 Å². The maximum absolute atomic E-state index is 12.4. The summed E-state index contributed by atoms with van der Waals surface area (Å²) in [5.74, 6) is 0.668. The topological polar surface area (TPSA) is 70.7 Å². The van der Waals surface area contributed by atoms with Gasteiger partial charge < -0.3 is 5.32 Å². The molecule has 1 aliphatic carbocycles. The molecule has 0 spiro atoms. The smallest absolute Gasteiger partial charge is 0.224 e. The maximum atomic E-state index is 12.4. The van der Waals surface area contributed by atoms with Crippen molar-refractivity contribution in [2.75, 3.05) is 5.32 Å². The monoisotopic (exact) mass is 454 g/mol. The summed E-state index contributed by atoms with van der Waals surface area (Å²) >= 11 is 1.67. The molecule has 0 atom stereocenters. The molecule has 5 nitrogen and oxygen atoms in total. The number of carbonyl (C=O) groups is 1. The Morgan fingerprint density at radius 1 is 1.03 bits per heavy atom. The van der Waals surface area contributed by atoms with Crippen LogP contribution in [-0.2, 0) is 4.79 Å². The molecular formula is C27H26N4OS. The molecule has 0 aliphatic heterocycles. The van der Waals surface area contributed by atoms with Gasteiger partial charge in [-0.2, -0.15) is 5.10 Å². The van der Waals surface area contributed by atoms with Crippen molar-refractivity contribution in [2.45, 2.75) is 41.9 Å². The van der Waals surface area contributed by atoms with E-state index in [1.165, 1.54) is 25.7 Å². The largest absolute Gasteiger partial charge is 0.326 e. The highest BCUT2D eigenvalue weighted by Crippen LogP contribution is 2.32. The fourth-order valence-electron chi connectivity index (χ4n) is 4.31. The van der Waals surface area contributed by atoms with E-state index < -0.39 is 0 Å². The van der Waals surface area contributed by atoms with Crippen molar-refractivity contribution in [1.29, 1.82) is 0 Å². The second-order valence-electron chi connectivity index (χ2n) is 8.44. The van der Waals surface area contributed by atoms with E-state index in [0.717, 1.165) is 37.8 Å². The van der Waals surface area contributed by atoms with E-state index in [1.54, 1.807) is 18.0 Å². The predicted octanol–water partition coefficient (Wildman–Crippen LogP) is 6.80. The highest BCUT2D eigenvalue weighted by Gasteiger charge is 2.18. The van der Waals surface area contributed by atoms with Gasteiger partial charge in [0.15, 0.2) is 0 Å². The van der Waals surface area contributed by atoms with E-state index in [1.807, 2.05) is 48.6 Å². The third kappa shape index (κ3) is 5.52. The van der Waals surface area contributed by atoms with Crippen LogP contribution in [0.4, 0.5) is 5.69 Å². The number of rotatable bonds is 7. The molecule has 0 radical (unpaired) electrons. The molecule has 2 N–H and O–H groups in total. The standard InChI is InChI=1S/C27H26N4OS/c32-27(16-19-6-1-2-7-19)29-21-9-5-10-22(17-21)33-23-12-13-24-25(30-31-26(24)18-23)14-11-20-8-3-4-15-28-20/h3-5,8-15,17-19H,1-2,6-7,16H2,(H,29,32)(H,30,31)/b14-11+. The second-order valence-corrected chi connectivity index (χ2v) is 9.58. The number of H-pyrrole nitrogens is 1. The van der Waals surface area contributed by atoms with Crippen LogP contribution >= 0.6 is 11.8 Å². The van der Waals surface area contributed by atoms with E-state index in [0.29, 0.717) is 12.3 Å². The Hall–Kier alpha value is -3.38. The van der Waals surface area contributed by atoms with Crippen molar-refractivity contribution in [3.05, 3.63) is 78.2 Å². The minimum atomic E-state index is 0.120. The lowest BCUT2D eigenvalue weighted by atomic mass is 10.0. The third-order valence-corrected chi connectivity index (χ3v) is 6.95. The first-order valence-corrected chi connectivity index (χ1v) is 12.2. The van der Waals surface area contributed by atoms with Crippen LogP contribution in [0.1, 0.15) is 43.5 Å². The summed E-state index contributed by atoms with van der Waals surface area (Å²) in [4.78, 5) is 18.9. The van der Waals surface area contributed by atoms with Crippen molar-refractivity contribution >= 4 is 46.4 Å². The van der Waals surface area contributed by atoms with Gasteiger partial charge >= 0.3 is 0 Å². The molecule has 2 aromatic carbocycles. The van der Waals surface area contributed by atoms with Gasteiger partial charge in [0.25, 0.3) is 0 Å². The van der Waals surface area contributed by atoms with Gasteiger partial charge in [0.05, 0.1) is 16.9 Å². The number of anilines is 1. The normalized spacial score (nSPS) is 14.3. The molecule has 2 aromatic heterocycles. The first-order chi connectivity index (χ1) is 16.2. The highest BCUT2D eigenvalue weighted by atomic mass is 32.2. The summed E-state index contributed by atoms with van der Waals surface area (Å²) in [6, 6.07) is 20.2. The minimum Gasteiger partial charge on any atom is -0.326 e. The zero-order chi connectivity index (χ0) is 22.5. The fourth-order valence-corrected chi connectivity index (χ4v) is 5.23. The van der Waals surface area contributed by atoms with Crippen LogP contribution in [0.15, 0.2) is 76.7 Å². The number of nitrogens with one attached hydrogen (secondary N) is 2. The summed E-state index contributed by atoms with van der Waals surface area (Å²) in [6.45, 7) is 0. The highest BCUT2D eigenvalue weighted by molar-refractivity contribution is 7.99. The Bertz CT molecular complexity index is 1280. The zero-order valence-electron chi connectivity index (χ0n) is 18.3. The van der Waals surface area contributed by atoms with E-state index >= 15 is 0 Å². The van der Waals surface area contributed by atoms with Gasteiger partial charge in [-0.3, -0.25) is 14.9 Å². The molecule has 0 unspecified atom stereocenters. The van der Waals surface area contributed by atoms with Crippen LogP contribution in [0.3, 0.4) is 0 Å². The number of benzene rings is 2. The average Bonchev–Trinajstić information content (AvgIpc) is 3.48. The fraction of sp³-hybridized carbons (Fsp3) is 0.222. The molecule has 4 aromatic rings. The molecule has 0 saturated heterocycles. The molecule has 1 aliphatic rings. The number of carbonyl (C=O) groups excluding carboxylic acids is 1. The first kappa shape index (κ1) is 21.5. The molecule has 0 bridgehead atoms. The molecule has 1 saturated carbocycles. The Morgan fingerprint density at radius 2 is 1.91 bits per heavy atom. The number of amides is 1. The minimum absolute atomic E-state index is 0.120. The third-order valence-electron chi connectivity index (χ3n) is 5.97. The van der Waals surface area contributed by atoms with Gasteiger partial charge in [-0.15, -0.1) is 0 Å². The SMILES string of the molecule is O=C(CC1CCCC1)Nc1cccc(Sc2ccc3c(/C=C/c4ccccn4)n[nH]c3c2)c1. The van der Waals surface area contributed by atoms with Gasteiger partial charge in [0.2, 0.25) is 5.91 Å². The summed E-state index contributed by atoms with van der Waals surface area (Å²) < 4.78 is 0. The van der Waals surface area contributed by atoms with Gasteiger partial charge in [-0.1, -0.05) is 36.7 Å². The van der Waals surface area contributed by atoms with E-state index in [9.17, 15) is 4.79 Å². The van der Waals surface area contributed by atoms with Gasteiger partial charge in [-0.05, 0) is 79.4 Å². The second kappa shape index (κ2) is 10.0. The average molecular weight is 455 g/mol. The summed E-state index contributed by atoms with van der Waals surface area (Å²) in [5, 5.41) is 11.7. The molecule has 1 fully saturated rings. The Kier molecular flexibility index (Phi) is 6.53. The van der Waals surface area contributed by atoms with Crippen LogP contribution in [-0.4, -0.2) is 21.1 Å². The van der Waals surface area contributed by atoms with Gasteiger partial charge in [-0.25, -0.2) is 0 Å². The molecule has 166 valence electrons. The maximum Gasteiger partial charge on any atom is 0.224 e. The lowest BCUT2D eigenvalue weighted by Crippen LogP contribution is -2.15. The van der Waals surface area contributed by atoms with E-state index in [4.69, 9.17) is 0 Å². The number of nitrogens with zero attached hydrogens (tertiary/aromatic N) is 2. The number of hydrogen-bond donors (Lipinski definition) is 2. The Morgan fingerprint density at radius 3 is 2.76 bits per heavy atom. The number of pyridine rings is 1. The van der Waals surface area contributed by atoms with E-state index in [2.05, 4.69) is 44.8 Å². The van der Waals surface area contributed by atoms with Crippen LogP contribution in [0.2, 0.25) is 0 Å². The summed E-state index contributed by atoms with van der Waals surface area (Å²) in [7, 11) is 0. The van der Waals surface area contributed by atoms with Crippen LogP contribution in [0.25, 0.3) is 23.1 Å². The molecule has 2 heterocycles. The van der Waals surface area contributed by atoms with Crippen molar-refractivity contribution in [1.82, 2.24) is 15.2 Å².